The fourth-order valence-electron chi connectivity index (χ4n) is 3.75. The molecule has 1 fully saturated rings. The highest BCUT2D eigenvalue weighted by atomic mass is 35.5. The van der Waals surface area contributed by atoms with Crippen LogP contribution in [-0.4, -0.2) is 45.1 Å². The average Bonchev–Trinajstić information content (AvgIpc) is 2.73. The topological polar surface area (TPSA) is 48.0 Å². The first-order valence-corrected chi connectivity index (χ1v) is 9.74. The summed E-state index contributed by atoms with van der Waals surface area (Å²) in [6, 6.07) is 10.9. The van der Waals surface area contributed by atoms with Gasteiger partial charge in [0.25, 0.3) is 0 Å². The van der Waals surface area contributed by atoms with Gasteiger partial charge in [0.2, 0.25) is 0 Å². The number of carbonyl (C=O) groups is 1. The standard InChI is InChI=1S/C22H26ClNO4/c1-26-18-11-20(27-2)19(21(12-18)28-3)14-24-9-5-7-16(13-24)22(25)15-6-4-8-17(23)10-15/h4,6,8,10-12,16H,5,7,9,13-14H2,1-3H3. The monoisotopic (exact) mass is 403 g/mol. The quantitative estimate of drug-likeness (QED) is 0.639. The Morgan fingerprint density at radius 3 is 2.43 bits per heavy atom. The molecule has 1 aliphatic heterocycles. The lowest BCUT2D eigenvalue weighted by Crippen LogP contribution is -2.38. The molecule has 1 aliphatic rings. The molecule has 5 nitrogen and oxygen atoms in total. The van der Waals surface area contributed by atoms with E-state index in [2.05, 4.69) is 4.90 Å². The predicted molar refractivity (Wildman–Crippen MR) is 110 cm³/mol. The van der Waals surface area contributed by atoms with Crippen molar-refractivity contribution in [2.24, 2.45) is 5.92 Å². The van der Waals surface area contributed by atoms with E-state index in [1.54, 1.807) is 33.5 Å². The number of benzene rings is 2. The summed E-state index contributed by atoms with van der Waals surface area (Å²) in [6.45, 7) is 2.27. The Labute approximate surface area is 171 Å². The van der Waals surface area contributed by atoms with E-state index in [9.17, 15) is 4.79 Å². The molecular weight excluding hydrogens is 378 g/mol. The van der Waals surface area contributed by atoms with Crippen LogP contribution in [0.5, 0.6) is 17.2 Å². The first kappa shape index (κ1) is 20.5. The van der Waals surface area contributed by atoms with Crippen LogP contribution >= 0.6 is 11.6 Å². The third-order valence-electron chi connectivity index (χ3n) is 5.18. The molecule has 0 aromatic heterocycles. The van der Waals surface area contributed by atoms with Crippen molar-refractivity contribution in [3.05, 3.63) is 52.5 Å². The normalized spacial score (nSPS) is 17.2. The summed E-state index contributed by atoms with van der Waals surface area (Å²) in [5, 5.41) is 0.589. The molecule has 0 spiro atoms. The van der Waals surface area contributed by atoms with Crippen LogP contribution < -0.4 is 14.2 Å². The molecule has 1 atom stereocenters. The number of Topliss-reactive ketones (excluding diaryl/α,β-unsaturated/α-hetero) is 1. The zero-order valence-electron chi connectivity index (χ0n) is 16.5. The van der Waals surface area contributed by atoms with Crippen molar-refractivity contribution in [1.82, 2.24) is 4.90 Å². The van der Waals surface area contributed by atoms with Gasteiger partial charge in [-0.3, -0.25) is 9.69 Å². The minimum Gasteiger partial charge on any atom is -0.496 e. The SMILES string of the molecule is COc1cc(OC)c(CN2CCCC(C(=O)c3cccc(Cl)c3)C2)c(OC)c1. The zero-order valence-corrected chi connectivity index (χ0v) is 17.3. The van der Waals surface area contributed by atoms with Crippen LogP contribution in [0.25, 0.3) is 0 Å². The first-order valence-electron chi connectivity index (χ1n) is 9.36. The summed E-state index contributed by atoms with van der Waals surface area (Å²) in [7, 11) is 4.89. The molecule has 2 aromatic carbocycles. The van der Waals surface area contributed by atoms with E-state index in [0.717, 1.165) is 36.4 Å². The van der Waals surface area contributed by atoms with Crippen molar-refractivity contribution in [1.29, 1.82) is 0 Å². The van der Waals surface area contributed by atoms with E-state index in [-0.39, 0.29) is 11.7 Å². The zero-order chi connectivity index (χ0) is 20.1. The lowest BCUT2D eigenvalue weighted by Gasteiger charge is -2.32. The minimum absolute atomic E-state index is 0.0394. The largest absolute Gasteiger partial charge is 0.496 e. The second-order valence-corrected chi connectivity index (χ2v) is 7.40. The second-order valence-electron chi connectivity index (χ2n) is 6.96. The van der Waals surface area contributed by atoms with Gasteiger partial charge in [-0.25, -0.2) is 0 Å². The van der Waals surface area contributed by atoms with Gasteiger partial charge >= 0.3 is 0 Å². The molecule has 1 saturated heterocycles. The van der Waals surface area contributed by atoms with Crippen molar-refractivity contribution in [3.63, 3.8) is 0 Å². The van der Waals surface area contributed by atoms with Gasteiger partial charge in [-0.05, 0) is 31.5 Å². The second kappa shape index (κ2) is 9.30. The molecule has 1 unspecified atom stereocenters. The van der Waals surface area contributed by atoms with E-state index in [4.69, 9.17) is 25.8 Å². The van der Waals surface area contributed by atoms with E-state index in [1.807, 2.05) is 24.3 Å². The summed E-state index contributed by atoms with van der Waals surface area (Å²) in [4.78, 5) is 15.2. The third-order valence-corrected chi connectivity index (χ3v) is 5.42. The highest BCUT2D eigenvalue weighted by Crippen LogP contribution is 2.36. The van der Waals surface area contributed by atoms with E-state index in [0.29, 0.717) is 29.4 Å². The van der Waals surface area contributed by atoms with Crippen LogP contribution in [0.4, 0.5) is 0 Å². The van der Waals surface area contributed by atoms with E-state index >= 15 is 0 Å². The fraction of sp³-hybridized carbons (Fsp3) is 0.409. The van der Waals surface area contributed by atoms with Crippen molar-refractivity contribution in [2.45, 2.75) is 19.4 Å². The summed E-state index contributed by atoms with van der Waals surface area (Å²) >= 11 is 6.05. The van der Waals surface area contributed by atoms with Crippen molar-refractivity contribution < 1.29 is 19.0 Å². The predicted octanol–water partition coefficient (Wildman–Crippen LogP) is 4.46. The lowest BCUT2D eigenvalue weighted by atomic mass is 9.89. The maximum absolute atomic E-state index is 12.9. The van der Waals surface area contributed by atoms with E-state index in [1.165, 1.54) is 0 Å². The molecule has 0 bridgehead atoms. The van der Waals surface area contributed by atoms with Gasteiger partial charge in [0.05, 0.1) is 26.9 Å². The summed E-state index contributed by atoms with van der Waals surface area (Å²) < 4.78 is 16.4. The molecule has 150 valence electrons. The molecule has 1 heterocycles. The Balaban J connectivity index is 1.77. The molecule has 0 amide bonds. The van der Waals surface area contributed by atoms with Crippen LogP contribution in [0.15, 0.2) is 36.4 Å². The highest BCUT2D eigenvalue weighted by molar-refractivity contribution is 6.31. The Morgan fingerprint density at radius 2 is 1.82 bits per heavy atom. The Hall–Kier alpha value is -2.24. The number of ketones is 1. The molecule has 2 aromatic rings. The van der Waals surface area contributed by atoms with Crippen LogP contribution in [-0.2, 0) is 6.54 Å². The maximum atomic E-state index is 12.9. The van der Waals surface area contributed by atoms with Crippen molar-refractivity contribution in [2.75, 3.05) is 34.4 Å². The molecular formula is C22H26ClNO4. The smallest absolute Gasteiger partial charge is 0.167 e. The van der Waals surface area contributed by atoms with Gasteiger partial charge in [-0.1, -0.05) is 23.7 Å². The first-order chi connectivity index (χ1) is 13.5. The average molecular weight is 404 g/mol. The number of hydrogen-bond acceptors (Lipinski definition) is 5. The summed E-state index contributed by atoms with van der Waals surface area (Å²) in [5.41, 5.74) is 1.64. The number of halogens is 1. The van der Waals surface area contributed by atoms with Gasteiger partial charge in [0, 0.05) is 41.7 Å². The van der Waals surface area contributed by atoms with Gasteiger partial charge in [-0.2, -0.15) is 0 Å². The number of hydrogen-bond donors (Lipinski definition) is 0. The lowest BCUT2D eigenvalue weighted by molar-refractivity contribution is 0.0810. The number of rotatable bonds is 7. The highest BCUT2D eigenvalue weighted by Gasteiger charge is 2.28. The molecule has 0 N–H and O–H groups in total. The Bertz CT molecular complexity index is 814. The van der Waals surface area contributed by atoms with Crippen molar-refractivity contribution in [3.8, 4) is 17.2 Å². The molecule has 3 rings (SSSR count). The van der Waals surface area contributed by atoms with Crippen LogP contribution in [0, 0.1) is 5.92 Å². The molecule has 0 aliphatic carbocycles. The number of piperidine rings is 1. The third kappa shape index (κ3) is 4.59. The number of carbonyl (C=O) groups excluding carboxylic acids is 1. The number of nitrogens with zero attached hydrogens (tertiary/aromatic N) is 1. The van der Waals surface area contributed by atoms with Crippen LogP contribution in [0.1, 0.15) is 28.8 Å². The number of methoxy groups -OCH3 is 3. The van der Waals surface area contributed by atoms with Crippen LogP contribution in [0.3, 0.4) is 0 Å². The Kier molecular flexibility index (Phi) is 6.81. The summed E-state index contributed by atoms with van der Waals surface area (Å²) in [6.07, 6.45) is 1.86. The van der Waals surface area contributed by atoms with Gasteiger partial charge in [-0.15, -0.1) is 0 Å². The van der Waals surface area contributed by atoms with Crippen molar-refractivity contribution >= 4 is 17.4 Å². The van der Waals surface area contributed by atoms with Gasteiger partial charge in [0.1, 0.15) is 17.2 Å². The van der Waals surface area contributed by atoms with E-state index < -0.39 is 0 Å². The Morgan fingerprint density at radius 1 is 1.11 bits per heavy atom. The molecule has 0 saturated carbocycles. The molecule has 6 heteroatoms. The molecule has 28 heavy (non-hydrogen) atoms. The van der Waals surface area contributed by atoms with Gasteiger partial charge < -0.3 is 14.2 Å². The number of likely N-dealkylation sites (tertiary alicyclic amines) is 1. The minimum atomic E-state index is -0.0394. The molecule has 0 radical (unpaired) electrons. The maximum Gasteiger partial charge on any atom is 0.167 e. The fourth-order valence-corrected chi connectivity index (χ4v) is 3.94. The summed E-state index contributed by atoms with van der Waals surface area (Å²) in [5.74, 6) is 2.24. The van der Waals surface area contributed by atoms with Gasteiger partial charge in [0.15, 0.2) is 5.78 Å². The van der Waals surface area contributed by atoms with Crippen LogP contribution in [0.2, 0.25) is 5.02 Å². The number of ether oxygens (including phenoxy) is 3.